The number of carbonyl (C=O) groups excluding carboxylic acids is 1. The molecule has 1 aromatic heterocycles. The zero-order valence-electron chi connectivity index (χ0n) is 15.3. The zero-order chi connectivity index (χ0) is 19.9. The maximum atomic E-state index is 13.7. The van der Waals surface area contributed by atoms with Crippen LogP contribution in [0.1, 0.15) is 19.2 Å². The summed E-state index contributed by atoms with van der Waals surface area (Å²) in [5, 5.41) is 8.58. The minimum Gasteiger partial charge on any atom is -0.419 e. The number of amides is 1. The lowest BCUT2D eigenvalue weighted by Crippen LogP contribution is -2.32. The minimum atomic E-state index is -0.330. The number of nitrogens with zero attached hydrogens (tertiary/aromatic N) is 3. The van der Waals surface area contributed by atoms with Crippen molar-refractivity contribution in [2.24, 2.45) is 0 Å². The van der Waals surface area contributed by atoms with Gasteiger partial charge in [-0.3, -0.25) is 4.79 Å². The zero-order valence-corrected chi connectivity index (χ0v) is 16.8. The summed E-state index contributed by atoms with van der Waals surface area (Å²) in [6.07, 6.45) is 0.779. The lowest BCUT2D eigenvalue weighted by atomic mass is 10.2. The van der Waals surface area contributed by atoms with Crippen LogP contribution in [-0.2, 0) is 11.3 Å². The third-order valence-corrected chi connectivity index (χ3v) is 5.29. The van der Waals surface area contributed by atoms with Crippen molar-refractivity contribution >= 4 is 29.3 Å². The van der Waals surface area contributed by atoms with Crippen LogP contribution in [-0.4, -0.2) is 33.3 Å². The fourth-order valence-electron chi connectivity index (χ4n) is 2.58. The van der Waals surface area contributed by atoms with Gasteiger partial charge < -0.3 is 9.32 Å². The molecule has 0 fully saturated rings. The number of benzene rings is 2. The Morgan fingerprint density at radius 1 is 1.18 bits per heavy atom. The normalized spacial score (nSPS) is 10.8. The topological polar surface area (TPSA) is 59.2 Å². The lowest BCUT2D eigenvalue weighted by Gasteiger charge is -2.20. The third kappa shape index (κ3) is 5.11. The maximum Gasteiger partial charge on any atom is 0.249 e. The fourth-order valence-corrected chi connectivity index (χ4v) is 3.64. The molecule has 0 aliphatic rings. The standard InChI is InChI=1S/C20H19ClFN3O2S/c1-2-11-25(19(26)13-28-17-10-6-5-9-16(17)22)12-18-23-24-20(27-18)14-7-3-4-8-15(14)21/h3-10H,2,11-13H2,1H3. The highest BCUT2D eigenvalue weighted by Crippen LogP contribution is 2.27. The van der Waals surface area contributed by atoms with Crippen molar-refractivity contribution in [1.29, 1.82) is 0 Å². The summed E-state index contributed by atoms with van der Waals surface area (Å²) in [6, 6.07) is 13.6. The van der Waals surface area contributed by atoms with Gasteiger partial charge in [-0.2, -0.15) is 0 Å². The Morgan fingerprint density at radius 3 is 2.68 bits per heavy atom. The van der Waals surface area contributed by atoms with Gasteiger partial charge in [0.25, 0.3) is 0 Å². The van der Waals surface area contributed by atoms with Crippen LogP contribution in [0.25, 0.3) is 11.5 Å². The Balaban J connectivity index is 1.67. The fraction of sp³-hybridized carbons (Fsp3) is 0.250. The predicted molar refractivity (Wildman–Crippen MR) is 108 cm³/mol. The molecule has 2 aromatic carbocycles. The van der Waals surface area contributed by atoms with Crippen LogP contribution in [0, 0.1) is 5.82 Å². The van der Waals surface area contributed by atoms with E-state index in [2.05, 4.69) is 10.2 Å². The van der Waals surface area contributed by atoms with Gasteiger partial charge in [-0.1, -0.05) is 42.8 Å². The summed E-state index contributed by atoms with van der Waals surface area (Å²) in [5.41, 5.74) is 0.645. The van der Waals surface area contributed by atoms with E-state index < -0.39 is 0 Å². The van der Waals surface area contributed by atoms with Gasteiger partial charge in [0.2, 0.25) is 17.7 Å². The Labute approximate surface area is 171 Å². The number of carbonyl (C=O) groups is 1. The van der Waals surface area contributed by atoms with E-state index in [1.807, 2.05) is 19.1 Å². The molecular formula is C20H19ClFN3O2S. The van der Waals surface area contributed by atoms with Gasteiger partial charge in [-0.25, -0.2) is 4.39 Å². The third-order valence-electron chi connectivity index (χ3n) is 3.93. The van der Waals surface area contributed by atoms with E-state index in [1.54, 1.807) is 35.2 Å². The molecule has 0 radical (unpaired) electrons. The molecule has 0 unspecified atom stereocenters. The molecule has 0 aliphatic heterocycles. The second-order valence-corrected chi connectivity index (χ2v) is 7.44. The molecule has 0 aliphatic carbocycles. The molecule has 1 heterocycles. The van der Waals surface area contributed by atoms with Crippen molar-refractivity contribution in [1.82, 2.24) is 15.1 Å². The molecule has 0 N–H and O–H groups in total. The van der Waals surface area contributed by atoms with Crippen molar-refractivity contribution in [3.8, 4) is 11.5 Å². The van der Waals surface area contributed by atoms with Gasteiger partial charge >= 0.3 is 0 Å². The van der Waals surface area contributed by atoms with Crippen LogP contribution in [0.15, 0.2) is 57.8 Å². The van der Waals surface area contributed by atoms with Crippen LogP contribution in [0.4, 0.5) is 4.39 Å². The molecule has 0 saturated heterocycles. The van der Waals surface area contributed by atoms with Crippen molar-refractivity contribution in [3.05, 3.63) is 65.3 Å². The molecule has 146 valence electrons. The van der Waals surface area contributed by atoms with Crippen LogP contribution in [0.2, 0.25) is 5.02 Å². The van der Waals surface area contributed by atoms with E-state index in [4.69, 9.17) is 16.0 Å². The van der Waals surface area contributed by atoms with Crippen molar-refractivity contribution in [2.45, 2.75) is 24.8 Å². The number of hydrogen-bond acceptors (Lipinski definition) is 5. The molecule has 0 bridgehead atoms. The first kappa shape index (κ1) is 20.4. The highest BCUT2D eigenvalue weighted by molar-refractivity contribution is 8.00. The molecule has 0 atom stereocenters. The minimum absolute atomic E-state index is 0.118. The smallest absolute Gasteiger partial charge is 0.249 e. The number of rotatable bonds is 8. The molecule has 0 spiro atoms. The highest BCUT2D eigenvalue weighted by atomic mass is 35.5. The van der Waals surface area contributed by atoms with E-state index >= 15 is 0 Å². The van der Waals surface area contributed by atoms with Crippen molar-refractivity contribution < 1.29 is 13.6 Å². The molecule has 0 saturated carbocycles. The first-order valence-corrected chi connectivity index (χ1v) is 10.2. The Kier molecular flexibility index (Phi) is 7.06. The van der Waals surface area contributed by atoms with Crippen molar-refractivity contribution in [3.63, 3.8) is 0 Å². The Morgan fingerprint density at radius 2 is 1.93 bits per heavy atom. The van der Waals surface area contributed by atoms with Crippen molar-refractivity contribution in [2.75, 3.05) is 12.3 Å². The Bertz CT molecular complexity index is 950. The maximum absolute atomic E-state index is 13.7. The number of halogens is 2. The van der Waals surface area contributed by atoms with Gasteiger partial charge in [0.15, 0.2) is 0 Å². The largest absolute Gasteiger partial charge is 0.419 e. The second kappa shape index (κ2) is 9.71. The monoisotopic (exact) mass is 419 g/mol. The van der Waals surface area contributed by atoms with Gasteiger partial charge in [0, 0.05) is 11.4 Å². The lowest BCUT2D eigenvalue weighted by molar-refractivity contribution is -0.129. The second-order valence-electron chi connectivity index (χ2n) is 6.02. The summed E-state index contributed by atoms with van der Waals surface area (Å²) in [4.78, 5) is 14.7. The summed E-state index contributed by atoms with van der Waals surface area (Å²) in [6.45, 7) is 2.72. The molecule has 3 rings (SSSR count). The van der Waals surface area contributed by atoms with Gasteiger partial charge in [0.05, 0.1) is 22.9 Å². The number of thioether (sulfide) groups is 1. The Hall–Kier alpha value is -2.38. The van der Waals surface area contributed by atoms with Crippen LogP contribution in [0.5, 0.6) is 0 Å². The summed E-state index contributed by atoms with van der Waals surface area (Å²) < 4.78 is 19.4. The van der Waals surface area contributed by atoms with Gasteiger partial charge in [0.1, 0.15) is 5.82 Å². The molecule has 5 nitrogen and oxygen atoms in total. The van der Waals surface area contributed by atoms with Crippen LogP contribution >= 0.6 is 23.4 Å². The predicted octanol–water partition coefficient (Wildman–Crippen LogP) is 5.06. The van der Waals surface area contributed by atoms with E-state index in [0.29, 0.717) is 33.8 Å². The van der Waals surface area contributed by atoms with Gasteiger partial charge in [-0.15, -0.1) is 22.0 Å². The first-order valence-electron chi connectivity index (χ1n) is 8.81. The van der Waals surface area contributed by atoms with Crippen LogP contribution < -0.4 is 0 Å². The summed E-state index contributed by atoms with van der Waals surface area (Å²) in [5.74, 6) is 0.320. The quantitative estimate of drug-likeness (QED) is 0.477. The van der Waals surface area contributed by atoms with E-state index in [-0.39, 0.29) is 24.0 Å². The molecular weight excluding hydrogens is 401 g/mol. The summed E-state index contributed by atoms with van der Waals surface area (Å²) in [7, 11) is 0. The van der Waals surface area contributed by atoms with E-state index in [0.717, 1.165) is 6.42 Å². The molecule has 3 aromatic rings. The molecule has 8 heteroatoms. The SMILES string of the molecule is CCCN(Cc1nnc(-c2ccccc2Cl)o1)C(=O)CSc1ccccc1F. The first-order chi connectivity index (χ1) is 13.6. The summed E-state index contributed by atoms with van der Waals surface area (Å²) >= 11 is 7.33. The highest BCUT2D eigenvalue weighted by Gasteiger charge is 2.19. The number of hydrogen-bond donors (Lipinski definition) is 0. The van der Waals surface area contributed by atoms with Crippen LogP contribution in [0.3, 0.4) is 0 Å². The molecule has 28 heavy (non-hydrogen) atoms. The molecule has 1 amide bonds. The van der Waals surface area contributed by atoms with E-state index in [9.17, 15) is 9.18 Å². The van der Waals surface area contributed by atoms with Gasteiger partial charge in [-0.05, 0) is 30.7 Å². The van der Waals surface area contributed by atoms with E-state index in [1.165, 1.54) is 17.8 Å². The average Bonchev–Trinajstić information content (AvgIpc) is 3.15. The number of aromatic nitrogens is 2. The average molecular weight is 420 g/mol.